The van der Waals surface area contributed by atoms with Gasteiger partial charge in [0.25, 0.3) is 17.7 Å². The number of urea groups is 1. The van der Waals surface area contributed by atoms with E-state index in [1.165, 1.54) is 15.6 Å². The van der Waals surface area contributed by atoms with E-state index in [0.717, 1.165) is 29.7 Å². The lowest BCUT2D eigenvalue weighted by molar-refractivity contribution is -0.156. The Balaban J connectivity index is 0.734. The van der Waals surface area contributed by atoms with E-state index in [1.54, 1.807) is 30.1 Å². The molecule has 1 aliphatic carbocycles. The number of carbonyl (C=O) groups is 4. The molecule has 4 saturated heterocycles. The number of piperidine rings is 2. The van der Waals surface area contributed by atoms with Gasteiger partial charge in [0, 0.05) is 89.6 Å². The molecule has 1 saturated carbocycles. The molecule has 63 heavy (non-hydrogen) atoms. The molecule has 2 aromatic carbocycles. The number of nitrogens with zero attached hydrogens (tertiary/aromatic N) is 8. The van der Waals surface area contributed by atoms with Crippen LogP contribution in [-0.4, -0.2) is 137 Å². The summed E-state index contributed by atoms with van der Waals surface area (Å²) in [4.78, 5) is 64.1. The van der Waals surface area contributed by atoms with Crippen molar-refractivity contribution in [2.24, 2.45) is 11.8 Å². The number of nitrogens with one attached hydrogen (secondary N) is 3. The molecule has 332 valence electrons. The summed E-state index contributed by atoms with van der Waals surface area (Å²) in [5.74, 6) is -2.59. The molecule has 3 atom stereocenters. The SMILES string of the molecule is CNc1cc(N2CCc3c(CN4CCC(N5CC(C6CCN(C(=O)c7ccc(Cl)c(N8CCC(=O)NC8=O)c7)CC6)C5)C(F)(F)C4)cccc32)nn2c(C(=O)NC3C[C@@H]3F)cnc12. The van der Waals surface area contributed by atoms with Crippen LogP contribution in [0.1, 0.15) is 64.1 Å². The summed E-state index contributed by atoms with van der Waals surface area (Å²) in [7, 11) is 1.77. The number of anilines is 4. The Morgan fingerprint density at radius 3 is 2.46 bits per heavy atom. The standard InChI is InChI=1S/C44H49ClF3N11O4/c1-49-33-19-38(53-59-36(20-50-40(33)59)41(61)51-32-18-31(32)46)57-15-9-29-27(3-2-4-34(29)57)21-54-12-10-37(44(47,48)24-54)56-22-28(23-56)25-7-13-55(14-8-25)42(62)26-5-6-30(45)35(17-26)58-16-11-39(60)52-43(58)63/h2-6,17,19-20,25,28,31-32,37,49H,7-16,18,21-24H2,1H3,(H,51,61)(H,52,60,63)/t31-,32?,37?/m0/s1. The molecule has 2 unspecified atom stereocenters. The van der Waals surface area contributed by atoms with Crippen LogP contribution in [0.25, 0.3) is 5.65 Å². The van der Waals surface area contributed by atoms with Gasteiger partial charge in [0.15, 0.2) is 17.2 Å². The van der Waals surface area contributed by atoms with Gasteiger partial charge in [-0.15, -0.1) is 5.10 Å². The quantitative estimate of drug-likeness (QED) is 0.197. The summed E-state index contributed by atoms with van der Waals surface area (Å²) >= 11 is 6.40. The maximum absolute atomic E-state index is 16.0. The number of hydrogen-bond acceptors (Lipinski definition) is 10. The molecule has 3 N–H and O–H groups in total. The highest BCUT2D eigenvalue weighted by molar-refractivity contribution is 6.34. The number of amides is 5. The van der Waals surface area contributed by atoms with Crippen LogP contribution in [-0.2, 0) is 17.8 Å². The number of aromatic nitrogens is 3. The number of carbonyl (C=O) groups excluding carboxylic acids is 4. The second kappa shape index (κ2) is 16.3. The molecular formula is C44H49ClF3N11O4. The van der Waals surface area contributed by atoms with Crippen molar-refractivity contribution in [2.75, 3.05) is 74.5 Å². The Bertz CT molecular complexity index is 2490. The van der Waals surface area contributed by atoms with Gasteiger partial charge in [0.05, 0.1) is 41.2 Å². The number of benzene rings is 2. The first kappa shape index (κ1) is 41.5. The van der Waals surface area contributed by atoms with E-state index in [9.17, 15) is 23.6 Å². The van der Waals surface area contributed by atoms with E-state index in [-0.39, 0.29) is 37.0 Å². The number of hydrogen-bond donors (Lipinski definition) is 3. The smallest absolute Gasteiger partial charge is 0.328 e. The number of halogens is 4. The van der Waals surface area contributed by atoms with Crippen LogP contribution in [0, 0.1) is 11.8 Å². The van der Waals surface area contributed by atoms with Crippen LogP contribution < -0.4 is 25.8 Å². The number of imide groups is 1. The van der Waals surface area contributed by atoms with Gasteiger partial charge in [0.1, 0.15) is 6.17 Å². The van der Waals surface area contributed by atoms with Crippen molar-refractivity contribution in [3.05, 3.63) is 76.1 Å². The maximum atomic E-state index is 16.0. The number of imidazole rings is 1. The molecule has 10 rings (SSSR count). The summed E-state index contributed by atoms with van der Waals surface area (Å²) in [5, 5.41) is 13.3. The number of rotatable bonds is 10. The van der Waals surface area contributed by atoms with Crippen molar-refractivity contribution in [1.82, 2.24) is 39.9 Å². The van der Waals surface area contributed by atoms with Gasteiger partial charge >= 0.3 is 6.03 Å². The van der Waals surface area contributed by atoms with Crippen molar-refractivity contribution in [1.29, 1.82) is 0 Å². The topological polar surface area (TPSA) is 151 Å². The molecule has 7 heterocycles. The lowest BCUT2D eigenvalue weighted by Gasteiger charge is -2.52. The Morgan fingerprint density at radius 1 is 0.952 bits per heavy atom. The van der Waals surface area contributed by atoms with Gasteiger partial charge in [0.2, 0.25) is 5.91 Å². The van der Waals surface area contributed by atoms with Crippen molar-refractivity contribution >= 4 is 63.9 Å². The van der Waals surface area contributed by atoms with Crippen LogP contribution in [0.2, 0.25) is 5.02 Å². The summed E-state index contributed by atoms with van der Waals surface area (Å²) < 4.78 is 47.1. The average Bonchev–Trinajstić information content (AvgIpc) is 3.57. The minimum atomic E-state index is -2.88. The third-order valence-corrected chi connectivity index (χ3v) is 14.2. The minimum absolute atomic E-state index is 0.141. The minimum Gasteiger partial charge on any atom is -0.385 e. The second-order valence-electron chi connectivity index (χ2n) is 17.7. The van der Waals surface area contributed by atoms with E-state index >= 15 is 8.78 Å². The molecular weight excluding hydrogens is 839 g/mol. The zero-order chi connectivity index (χ0) is 43.7. The van der Waals surface area contributed by atoms with Crippen molar-refractivity contribution in [2.45, 2.75) is 69.2 Å². The number of alkyl halides is 3. The number of likely N-dealkylation sites (tertiary alicyclic amines) is 3. The van der Waals surface area contributed by atoms with E-state index < -0.39 is 36.1 Å². The first-order valence-electron chi connectivity index (χ1n) is 21.8. The highest BCUT2D eigenvalue weighted by Gasteiger charge is 2.51. The molecule has 19 heteroatoms. The van der Waals surface area contributed by atoms with Crippen molar-refractivity contribution < 1.29 is 32.3 Å². The van der Waals surface area contributed by atoms with Crippen molar-refractivity contribution in [3.8, 4) is 0 Å². The first-order chi connectivity index (χ1) is 30.3. The molecule has 4 aromatic rings. The van der Waals surface area contributed by atoms with Crippen LogP contribution in [0.3, 0.4) is 0 Å². The highest BCUT2D eigenvalue weighted by Crippen LogP contribution is 2.42. The monoisotopic (exact) mass is 887 g/mol. The van der Waals surface area contributed by atoms with Gasteiger partial charge in [-0.25, -0.2) is 27.5 Å². The molecule has 6 aliphatic rings. The van der Waals surface area contributed by atoms with Gasteiger partial charge in [-0.1, -0.05) is 23.7 Å². The largest absolute Gasteiger partial charge is 0.385 e. The third kappa shape index (κ3) is 7.83. The molecule has 2 aromatic heterocycles. The van der Waals surface area contributed by atoms with E-state index in [4.69, 9.17) is 16.7 Å². The summed E-state index contributed by atoms with van der Waals surface area (Å²) in [5.41, 5.74) is 5.18. The van der Waals surface area contributed by atoms with Gasteiger partial charge < -0.3 is 20.4 Å². The third-order valence-electron chi connectivity index (χ3n) is 13.8. The van der Waals surface area contributed by atoms with Crippen LogP contribution in [0.5, 0.6) is 0 Å². The summed E-state index contributed by atoms with van der Waals surface area (Å²) in [6.07, 6.45) is 3.50. The second-order valence-corrected chi connectivity index (χ2v) is 18.1. The molecule has 0 spiro atoms. The fraction of sp³-hybridized carbons (Fsp3) is 0.500. The van der Waals surface area contributed by atoms with Crippen LogP contribution in [0.4, 0.5) is 40.8 Å². The fourth-order valence-corrected chi connectivity index (χ4v) is 10.4. The van der Waals surface area contributed by atoms with Crippen LogP contribution >= 0.6 is 11.6 Å². The lowest BCUT2D eigenvalue weighted by atomic mass is 9.78. The molecule has 15 nitrogen and oxygen atoms in total. The fourth-order valence-electron chi connectivity index (χ4n) is 10.2. The Hall–Kier alpha value is -5.46. The maximum Gasteiger partial charge on any atom is 0.328 e. The molecule has 5 aliphatic heterocycles. The highest BCUT2D eigenvalue weighted by atomic mass is 35.5. The zero-order valence-corrected chi connectivity index (χ0v) is 35.6. The van der Waals surface area contributed by atoms with Crippen LogP contribution in [0.15, 0.2) is 48.7 Å². The molecule has 0 radical (unpaired) electrons. The first-order valence-corrected chi connectivity index (χ1v) is 22.2. The Kier molecular flexibility index (Phi) is 10.7. The van der Waals surface area contributed by atoms with Gasteiger partial charge in [-0.05, 0) is 72.9 Å². The summed E-state index contributed by atoms with van der Waals surface area (Å²) in [6, 6.07) is 10.8. The Morgan fingerprint density at radius 2 is 1.73 bits per heavy atom. The lowest BCUT2D eigenvalue weighted by Crippen LogP contribution is -2.65. The zero-order valence-electron chi connectivity index (χ0n) is 34.8. The van der Waals surface area contributed by atoms with E-state index in [2.05, 4.69) is 25.8 Å². The van der Waals surface area contributed by atoms with Gasteiger partial charge in [-0.2, -0.15) is 0 Å². The van der Waals surface area contributed by atoms with Gasteiger partial charge in [-0.3, -0.25) is 34.4 Å². The number of fused-ring (bicyclic) bond motifs is 2. The van der Waals surface area contributed by atoms with E-state index in [1.807, 2.05) is 34.1 Å². The van der Waals surface area contributed by atoms with Crippen molar-refractivity contribution in [3.63, 3.8) is 0 Å². The molecule has 5 amide bonds. The average molecular weight is 888 g/mol. The predicted molar refractivity (Wildman–Crippen MR) is 230 cm³/mol. The summed E-state index contributed by atoms with van der Waals surface area (Å²) in [6.45, 7) is 3.80. The Labute approximate surface area is 366 Å². The van der Waals surface area contributed by atoms with E-state index in [0.29, 0.717) is 110 Å². The normalized spacial score (nSPS) is 24.3. The predicted octanol–water partition coefficient (Wildman–Crippen LogP) is 5.10. The molecule has 5 fully saturated rings. The molecule has 0 bridgehead atoms.